The van der Waals surface area contributed by atoms with Gasteiger partial charge in [-0.2, -0.15) is 5.10 Å². The summed E-state index contributed by atoms with van der Waals surface area (Å²) in [6.07, 6.45) is 11.4. The molecule has 0 bridgehead atoms. The highest BCUT2D eigenvalue weighted by Gasteiger charge is 2.25. The van der Waals surface area contributed by atoms with Crippen LogP contribution in [-0.2, 0) is 6.54 Å². The highest BCUT2D eigenvalue weighted by atomic mass is 16.2. The molecule has 1 fully saturated rings. The maximum absolute atomic E-state index is 12.8. The molecule has 4 rings (SSSR count). The summed E-state index contributed by atoms with van der Waals surface area (Å²) >= 11 is 0. The van der Waals surface area contributed by atoms with Crippen molar-refractivity contribution in [3.8, 4) is 0 Å². The van der Waals surface area contributed by atoms with Crippen LogP contribution in [0.5, 0.6) is 0 Å². The van der Waals surface area contributed by atoms with Crippen LogP contribution in [0.15, 0.2) is 61.4 Å². The van der Waals surface area contributed by atoms with Gasteiger partial charge in [-0.05, 0) is 36.6 Å². The predicted octanol–water partition coefficient (Wildman–Crippen LogP) is 2.61. The number of amides is 1. The molecule has 1 aromatic carbocycles. The van der Waals surface area contributed by atoms with Crippen molar-refractivity contribution in [2.24, 2.45) is 0 Å². The van der Waals surface area contributed by atoms with E-state index >= 15 is 0 Å². The highest BCUT2D eigenvalue weighted by Crippen LogP contribution is 2.22. The van der Waals surface area contributed by atoms with E-state index in [-0.39, 0.29) is 5.91 Å². The summed E-state index contributed by atoms with van der Waals surface area (Å²) in [5.41, 5.74) is 1.88. The molecule has 2 aromatic heterocycles. The summed E-state index contributed by atoms with van der Waals surface area (Å²) in [4.78, 5) is 18.9. The minimum absolute atomic E-state index is 0.107. The lowest BCUT2D eigenvalue weighted by atomic mass is 10.0. The number of hydrogen-bond acceptors (Lipinski definition) is 3. The van der Waals surface area contributed by atoms with Crippen molar-refractivity contribution in [2.45, 2.75) is 25.4 Å². The Kier molecular flexibility index (Phi) is 4.33. The molecule has 1 atom stereocenters. The van der Waals surface area contributed by atoms with Gasteiger partial charge < -0.3 is 9.47 Å². The zero-order valence-electron chi connectivity index (χ0n) is 14.0. The molecule has 6 heteroatoms. The van der Waals surface area contributed by atoms with Gasteiger partial charge in [-0.1, -0.05) is 12.1 Å². The van der Waals surface area contributed by atoms with Gasteiger partial charge in [0.2, 0.25) is 0 Å². The van der Waals surface area contributed by atoms with Crippen LogP contribution in [0.4, 0.5) is 0 Å². The molecule has 0 spiro atoms. The fourth-order valence-electron chi connectivity index (χ4n) is 3.38. The Morgan fingerprint density at radius 2 is 2.04 bits per heavy atom. The van der Waals surface area contributed by atoms with E-state index in [1.54, 1.807) is 12.4 Å². The fraction of sp³-hybridized carbons (Fsp3) is 0.316. The van der Waals surface area contributed by atoms with Gasteiger partial charge in [0.05, 0.1) is 18.9 Å². The zero-order chi connectivity index (χ0) is 17.1. The Hall–Kier alpha value is -2.89. The third-order valence-electron chi connectivity index (χ3n) is 4.73. The van der Waals surface area contributed by atoms with E-state index in [4.69, 9.17) is 0 Å². The van der Waals surface area contributed by atoms with Crippen molar-refractivity contribution in [2.75, 3.05) is 13.1 Å². The van der Waals surface area contributed by atoms with Crippen molar-refractivity contribution in [1.82, 2.24) is 24.2 Å². The summed E-state index contributed by atoms with van der Waals surface area (Å²) in [6, 6.07) is 10.1. The second-order valence-electron chi connectivity index (χ2n) is 6.46. The molecule has 6 nitrogen and oxygen atoms in total. The average molecular weight is 335 g/mol. The van der Waals surface area contributed by atoms with E-state index in [9.17, 15) is 4.79 Å². The second-order valence-corrected chi connectivity index (χ2v) is 6.46. The number of piperidine rings is 1. The van der Waals surface area contributed by atoms with Crippen LogP contribution < -0.4 is 0 Å². The van der Waals surface area contributed by atoms with Crippen LogP contribution in [0.3, 0.4) is 0 Å². The number of rotatable bonds is 4. The molecule has 0 radical (unpaired) electrons. The van der Waals surface area contributed by atoms with Crippen LogP contribution in [0, 0.1) is 0 Å². The summed E-state index contributed by atoms with van der Waals surface area (Å²) in [5.74, 6) is 0.107. The summed E-state index contributed by atoms with van der Waals surface area (Å²) < 4.78 is 3.98. The first-order chi connectivity index (χ1) is 12.3. The highest BCUT2D eigenvalue weighted by molar-refractivity contribution is 5.94. The van der Waals surface area contributed by atoms with Gasteiger partial charge in [0.15, 0.2) is 0 Å². The van der Waals surface area contributed by atoms with Crippen molar-refractivity contribution in [1.29, 1.82) is 0 Å². The van der Waals surface area contributed by atoms with E-state index in [1.807, 2.05) is 58.6 Å². The van der Waals surface area contributed by atoms with Crippen LogP contribution in [-0.4, -0.2) is 43.2 Å². The quantitative estimate of drug-likeness (QED) is 0.736. The zero-order valence-corrected chi connectivity index (χ0v) is 14.0. The largest absolute Gasteiger partial charge is 0.337 e. The van der Waals surface area contributed by atoms with E-state index in [0.717, 1.165) is 37.1 Å². The first kappa shape index (κ1) is 15.6. The molecule has 3 aromatic rings. The lowest BCUT2D eigenvalue weighted by molar-refractivity contribution is 0.0679. The van der Waals surface area contributed by atoms with Crippen LogP contribution >= 0.6 is 0 Å². The monoisotopic (exact) mass is 335 g/mol. The number of nitrogens with zero attached hydrogens (tertiary/aromatic N) is 5. The topological polar surface area (TPSA) is 56.0 Å². The third kappa shape index (κ3) is 3.47. The molecule has 0 unspecified atom stereocenters. The molecule has 1 saturated heterocycles. The molecule has 128 valence electrons. The van der Waals surface area contributed by atoms with Crippen molar-refractivity contribution in [3.05, 3.63) is 72.6 Å². The van der Waals surface area contributed by atoms with Crippen LogP contribution in [0.2, 0.25) is 0 Å². The van der Waals surface area contributed by atoms with Gasteiger partial charge in [0.25, 0.3) is 5.91 Å². The first-order valence-electron chi connectivity index (χ1n) is 8.63. The van der Waals surface area contributed by atoms with Crippen molar-refractivity contribution < 1.29 is 4.79 Å². The molecule has 0 saturated carbocycles. The molecule has 3 heterocycles. The SMILES string of the molecule is O=C(c1ccc(Cn2cccn2)cc1)N1CCC[C@H](n2ccnc2)C1. The van der Waals surface area contributed by atoms with Gasteiger partial charge in [0.1, 0.15) is 0 Å². The summed E-state index contributed by atoms with van der Waals surface area (Å²) in [5, 5.41) is 4.21. The Labute approximate surface area is 146 Å². The van der Waals surface area contributed by atoms with Gasteiger partial charge in [0, 0.05) is 43.4 Å². The summed E-state index contributed by atoms with van der Waals surface area (Å²) in [7, 11) is 0. The number of benzene rings is 1. The van der Waals surface area contributed by atoms with Gasteiger partial charge in [-0.15, -0.1) is 0 Å². The maximum Gasteiger partial charge on any atom is 0.253 e. The van der Waals surface area contributed by atoms with Gasteiger partial charge in [-0.25, -0.2) is 4.98 Å². The standard InChI is InChI=1S/C19H21N5O/c25-19(22-10-1-3-18(14-22)23-12-9-20-15-23)17-6-4-16(5-7-17)13-24-11-2-8-21-24/h2,4-9,11-12,15,18H,1,3,10,13-14H2/t18-/m0/s1. The number of carbonyl (C=O) groups excluding carboxylic acids is 1. The molecule has 1 aliphatic rings. The Morgan fingerprint density at radius 1 is 1.16 bits per heavy atom. The lowest BCUT2D eigenvalue weighted by Crippen LogP contribution is -2.40. The third-order valence-corrected chi connectivity index (χ3v) is 4.73. The molecule has 1 amide bonds. The van der Waals surface area contributed by atoms with Gasteiger partial charge in [-0.3, -0.25) is 9.48 Å². The van der Waals surface area contributed by atoms with E-state index in [1.165, 1.54) is 0 Å². The van der Waals surface area contributed by atoms with E-state index in [2.05, 4.69) is 14.6 Å². The van der Waals surface area contributed by atoms with E-state index in [0.29, 0.717) is 12.6 Å². The average Bonchev–Trinajstić information content (AvgIpc) is 3.36. The van der Waals surface area contributed by atoms with Crippen LogP contribution in [0.25, 0.3) is 0 Å². The molecule has 1 aliphatic heterocycles. The lowest BCUT2D eigenvalue weighted by Gasteiger charge is -2.33. The molecular weight excluding hydrogens is 314 g/mol. The summed E-state index contributed by atoms with van der Waals surface area (Å²) in [6.45, 7) is 2.27. The fourth-order valence-corrected chi connectivity index (χ4v) is 3.38. The van der Waals surface area contributed by atoms with Crippen molar-refractivity contribution >= 4 is 5.91 Å². The smallest absolute Gasteiger partial charge is 0.253 e. The Bertz CT molecular complexity index is 808. The molecule has 25 heavy (non-hydrogen) atoms. The molecule has 0 aliphatic carbocycles. The second kappa shape index (κ2) is 6.93. The Morgan fingerprint density at radius 3 is 2.76 bits per heavy atom. The number of carbonyl (C=O) groups is 1. The number of hydrogen-bond donors (Lipinski definition) is 0. The molecule has 0 N–H and O–H groups in total. The number of aromatic nitrogens is 4. The Balaban J connectivity index is 1.43. The first-order valence-corrected chi connectivity index (χ1v) is 8.63. The van der Waals surface area contributed by atoms with E-state index < -0.39 is 0 Å². The minimum atomic E-state index is 0.107. The van der Waals surface area contributed by atoms with Gasteiger partial charge >= 0.3 is 0 Å². The normalized spacial score (nSPS) is 17.6. The van der Waals surface area contributed by atoms with Crippen LogP contribution in [0.1, 0.15) is 34.8 Å². The predicted molar refractivity (Wildman–Crippen MR) is 94.2 cm³/mol. The maximum atomic E-state index is 12.8. The van der Waals surface area contributed by atoms with Crippen molar-refractivity contribution in [3.63, 3.8) is 0 Å². The molecular formula is C19H21N5O. The minimum Gasteiger partial charge on any atom is -0.337 e. The number of imidazole rings is 1. The number of likely N-dealkylation sites (tertiary alicyclic amines) is 1.